The van der Waals surface area contributed by atoms with Crippen LogP contribution in [0.4, 0.5) is 0 Å². The van der Waals surface area contributed by atoms with Crippen LogP contribution >= 0.6 is 11.3 Å². The van der Waals surface area contributed by atoms with Gasteiger partial charge in [0.25, 0.3) is 0 Å². The van der Waals surface area contributed by atoms with E-state index < -0.39 is 0 Å². The number of piperidine rings is 1. The number of aliphatic hydroxyl groups excluding tert-OH is 1. The number of thiazole rings is 1. The van der Waals surface area contributed by atoms with E-state index in [1.807, 2.05) is 17.5 Å². The van der Waals surface area contributed by atoms with E-state index in [0.29, 0.717) is 24.5 Å². The monoisotopic (exact) mass is 282 g/mol. The molecule has 1 fully saturated rings. The van der Waals surface area contributed by atoms with E-state index in [0.717, 1.165) is 25.9 Å². The summed E-state index contributed by atoms with van der Waals surface area (Å²) in [6.07, 6.45) is 5.48. The van der Waals surface area contributed by atoms with E-state index in [9.17, 15) is 5.11 Å². The van der Waals surface area contributed by atoms with Crippen molar-refractivity contribution >= 4 is 11.3 Å². The van der Waals surface area contributed by atoms with Crippen molar-refractivity contribution in [1.82, 2.24) is 9.88 Å². The van der Waals surface area contributed by atoms with Crippen LogP contribution in [0.5, 0.6) is 0 Å². The number of hydrogen-bond donors (Lipinski definition) is 1. The summed E-state index contributed by atoms with van der Waals surface area (Å²) in [5.74, 6) is 1.13. The average molecular weight is 282 g/mol. The van der Waals surface area contributed by atoms with E-state index in [1.165, 1.54) is 16.3 Å². The molecular formula is C15H26N2OS. The molecule has 19 heavy (non-hydrogen) atoms. The second-order valence-electron chi connectivity index (χ2n) is 6.22. The van der Waals surface area contributed by atoms with Gasteiger partial charge in [0.1, 0.15) is 0 Å². The highest BCUT2D eigenvalue weighted by Crippen LogP contribution is 2.25. The van der Waals surface area contributed by atoms with Crippen molar-refractivity contribution in [1.29, 1.82) is 0 Å². The molecule has 2 unspecified atom stereocenters. The molecule has 1 N–H and O–H groups in total. The van der Waals surface area contributed by atoms with E-state index >= 15 is 0 Å². The van der Waals surface area contributed by atoms with Gasteiger partial charge < -0.3 is 5.11 Å². The Kier molecular flexibility index (Phi) is 5.37. The predicted molar refractivity (Wildman–Crippen MR) is 80.3 cm³/mol. The van der Waals surface area contributed by atoms with Crippen molar-refractivity contribution in [3.05, 3.63) is 16.1 Å². The topological polar surface area (TPSA) is 36.4 Å². The standard InChI is InChI=1S/C15H26N2OS/c1-11(2)6-15-16-7-14(19-15)9-17-8-13(10-18)5-4-12(17)3/h7,11-13,18H,4-6,8-10H2,1-3H3. The fraction of sp³-hybridized carbons (Fsp3) is 0.800. The molecule has 1 aromatic heterocycles. The van der Waals surface area contributed by atoms with E-state index in [-0.39, 0.29) is 0 Å². The van der Waals surface area contributed by atoms with Crippen LogP contribution in [0.15, 0.2) is 6.20 Å². The predicted octanol–water partition coefficient (Wildman–Crippen LogP) is 2.93. The molecule has 0 saturated carbocycles. The minimum Gasteiger partial charge on any atom is -0.396 e. The Morgan fingerprint density at radius 3 is 2.95 bits per heavy atom. The van der Waals surface area contributed by atoms with Gasteiger partial charge in [-0.25, -0.2) is 4.98 Å². The molecule has 108 valence electrons. The van der Waals surface area contributed by atoms with Crippen molar-refractivity contribution in [2.75, 3.05) is 13.2 Å². The Labute approximate surface area is 120 Å². The van der Waals surface area contributed by atoms with E-state index in [4.69, 9.17) is 0 Å². The molecular weight excluding hydrogens is 256 g/mol. The summed E-state index contributed by atoms with van der Waals surface area (Å²) in [4.78, 5) is 8.39. The van der Waals surface area contributed by atoms with Crippen molar-refractivity contribution in [2.24, 2.45) is 11.8 Å². The smallest absolute Gasteiger partial charge is 0.0930 e. The van der Waals surface area contributed by atoms with Gasteiger partial charge >= 0.3 is 0 Å². The van der Waals surface area contributed by atoms with E-state index in [1.54, 1.807) is 0 Å². The summed E-state index contributed by atoms with van der Waals surface area (Å²) < 4.78 is 0. The van der Waals surface area contributed by atoms with Crippen molar-refractivity contribution in [3.8, 4) is 0 Å². The highest BCUT2D eigenvalue weighted by Gasteiger charge is 2.25. The normalized spacial score (nSPS) is 25.1. The molecule has 1 saturated heterocycles. The van der Waals surface area contributed by atoms with Gasteiger partial charge in [0.05, 0.1) is 5.01 Å². The molecule has 4 heteroatoms. The van der Waals surface area contributed by atoms with Gasteiger partial charge in [-0.3, -0.25) is 4.90 Å². The molecule has 0 amide bonds. The molecule has 0 spiro atoms. The molecule has 2 rings (SSSR count). The van der Waals surface area contributed by atoms with Crippen LogP contribution < -0.4 is 0 Å². The lowest BCUT2D eigenvalue weighted by atomic mass is 9.94. The van der Waals surface area contributed by atoms with Gasteiger partial charge in [-0.1, -0.05) is 13.8 Å². The van der Waals surface area contributed by atoms with Crippen molar-refractivity contribution in [2.45, 2.75) is 52.6 Å². The third-order valence-electron chi connectivity index (χ3n) is 3.91. The SMILES string of the molecule is CC(C)Cc1ncc(CN2CC(CO)CCC2C)s1. The Hall–Kier alpha value is -0.450. The summed E-state index contributed by atoms with van der Waals surface area (Å²) in [6, 6.07) is 0.624. The molecule has 0 aromatic carbocycles. The highest BCUT2D eigenvalue weighted by molar-refractivity contribution is 7.11. The molecule has 2 heterocycles. The maximum Gasteiger partial charge on any atom is 0.0930 e. The summed E-state index contributed by atoms with van der Waals surface area (Å²) in [6.45, 7) is 9.11. The van der Waals surface area contributed by atoms with Crippen LogP contribution in [0.1, 0.15) is 43.5 Å². The van der Waals surface area contributed by atoms with E-state index in [2.05, 4.69) is 30.7 Å². The van der Waals surface area contributed by atoms with Crippen LogP contribution in [-0.2, 0) is 13.0 Å². The molecule has 1 aliphatic heterocycles. The molecule has 1 aromatic rings. The number of aliphatic hydroxyl groups is 1. The summed E-state index contributed by atoms with van der Waals surface area (Å²) in [5.41, 5.74) is 0. The van der Waals surface area contributed by atoms with Gasteiger partial charge in [0.2, 0.25) is 0 Å². The quantitative estimate of drug-likeness (QED) is 0.902. The maximum atomic E-state index is 9.33. The third-order valence-corrected chi connectivity index (χ3v) is 4.91. The summed E-state index contributed by atoms with van der Waals surface area (Å²) in [5, 5.41) is 10.6. The first-order chi connectivity index (χ1) is 9.08. The van der Waals surface area contributed by atoms with Gasteiger partial charge in [-0.05, 0) is 31.6 Å². The fourth-order valence-corrected chi connectivity index (χ4v) is 3.86. The lowest BCUT2D eigenvalue weighted by molar-refractivity contribution is 0.0779. The first-order valence-electron chi connectivity index (χ1n) is 7.37. The van der Waals surface area contributed by atoms with Crippen molar-refractivity contribution in [3.63, 3.8) is 0 Å². The second kappa shape index (κ2) is 6.82. The van der Waals surface area contributed by atoms with Crippen LogP contribution in [-0.4, -0.2) is 34.2 Å². The lowest BCUT2D eigenvalue weighted by Gasteiger charge is -2.37. The largest absolute Gasteiger partial charge is 0.396 e. The summed E-state index contributed by atoms with van der Waals surface area (Å²) in [7, 11) is 0. The van der Waals surface area contributed by atoms with Gasteiger partial charge in [0, 0.05) is 43.2 Å². The van der Waals surface area contributed by atoms with Crippen LogP contribution in [0.25, 0.3) is 0 Å². The Balaban J connectivity index is 1.93. The molecule has 1 aliphatic rings. The zero-order chi connectivity index (χ0) is 13.8. The maximum absolute atomic E-state index is 9.33. The van der Waals surface area contributed by atoms with Crippen LogP contribution in [0.3, 0.4) is 0 Å². The van der Waals surface area contributed by atoms with Gasteiger partial charge in [-0.15, -0.1) is 11.3 Å². The summed E-state index contributed by atoms with van der Waals surface area (Å²) >= 11 is 1.85. The number of aromatic nitrogens is 1. The first kappa shape index (κ1) is 14.9. The van der Waals surface area contributed by atoms with Crippen molar-refractivity contribution < 1.29 is 5.11 Å². The number of nitrogens with zero attached hydrogens (tertiary/aromatic N) is 2. The zero-order valence-electron chi connectivity index (χ0n) is 12.3. The molecule has 0 radical (unpaired) electrons. The van der Waals surface area contributed by atoms with Crippen LogP contribution in [0, 0.1) is 11.8 Å². The van der Waals surface area contributed by atoms with Gasteiger partial charge in [0.15, 0.2) is 0 Å². The molecule has 3 nitrogen and oxygen atoms in total. The molecule has 0 aliphatic carbocycles. The van der Waals surface area contributed by atoms with Crippen LogP contribution in [0.2, 0.25) is 0 Å². The molecule has 0 bridgehead atoms. The minimum atomic E-state index is 0.324. The Morgan fingerprint density at radius 2 is 2.26 bits per heavy atom. The zero-order valence-corrected chi connectivity index (χ0v) is 13.1. The second-order valence-corrected chi connectivity index (χ2v) is 7.42. The minimum absolute atomic E-state index is 0.324. The first-order valence-corrected chi connectivity index (χ1v) is 8.18. The third kappa shape index (κ3) is 4.26. The fourth-order valence-electron chi connectivity index (χ4n) is 2.70. The highest BCUT2D eigenvalue weighted by atomic mass is 32.1. The molecule has 2 atom stereocenters. The number of likely N-dealkylation sites (tertiary alicyclic amines) is 1. The lowest BCUT2D eigenvalue weighted by Crippen LogP contribution is -2.42. The number of hydrogen-bond acceptors (Lipinski definition) is 4. The van der Waals surface area contributed by atoms with Gasteiger partial charge in [-0.2, -0.15) is 0 Å². The number of rotatable bonds is 5. The average Bonchev–Trinajstić information content (AvgIpc) is 2.78. The Bertz CT molecular complexity index is 391. The Morgan fingerprint density at radius 1 is 1.47 bits per heavy atom.